The van der Waals surface area contributed by atoms with Crippen LogP contribution in [0.5, 0.6) is 5.75 Å². The minimum Gasteiger partial charge on any atom is -0.486 e. The minimum absolute atomic E-state index is 0.279. The normalized spacial score (nSPS) is 11.3. The summed E-state index contributed by atoms with van der Waals surface area (Å²) in [6.45, 7) is 0.354. The molecule has 0 N–H and O–H groups in total. The maximum Gasteiger partial charge on any atom is 0.164 e. The second-order valence-corrected chi connectivity index (χ2v) is 9.56. The van der Waals surface area contributed by atoms with Gasteiger partial charge in [-0.15, -0.1) is 0 Å². The van der Waals surface area contributed by atoms with Gasteiger partial charge in [0.1, 0.15) is 29.8 Å². The van der Waals surface area contributed by atoms with Gasteiger partial charge in [-0.3, -0.25) is 0 Å². The molecule has 0 saturated heterocycles. The van der Waals surface area contributed by atoms with Crippen LogP contribution < -0.4 is 4.74 Å². The Morgan fingerprint density at radius 2 is 1.17 bits per heavy atom. The topological polar surface area (TPSA) is 22.4 Å². The quantitative estimate of drug-likeness (QED) is 0.214. The summed E-state index contributed by atoms with van der Waals surface area (Å²) in [5.74, 6) is 0.935. The molecule has 1 heterocycles. The average Bonchev–Trinajstić information content (AvgIpc) is 3.15. The maximum absolute atomic E-state index is 13.4. The van der Waals surface area contributed by atoms with Crippen LogP contribution in [0, 0.1) is 15.4 Å². The van der Waals surface area contributed by atoms with Crippen molar-refractivity contribution >= 4 is 33.5 Å². The fraction of sp³-hybridized carbons (Fsp3) is 0.0435. The molecular weight excluding hydrogens is 505 g/mol. The van der Waals surface area contributed by atoms with Gasteiger partial charge in [-0.25, -0.2) is 8.78 Å². The van der Waals surface area contributed by atoms with Crippen LogP contribution in [0.15, 0.2) is 104 Å². The zero-order valence-electron chi connectivity index (χ0n) is 15.2. The van der Waals surface area contributed by atoms with E-state index in [-0.39, 0.29) is 11.6 Å². The number of benzene rings is 3. The molecule has 2 nitrogen and oxygen atoms in total. The van der Waals surface area contributed by atoms with E-state index in [2.05, 4.69) is 22.6 Å². The van der Waals surface area contributed by atoms with Crippen molar-refractivity contribution in [1.82, 2.24) is 0 Å². The highest BCUT2D eigenvalue weighted by molar-refractivity contribution is 14.1. The van der Waals surface area contributed by atoms with Crippen LogP contribution in [0.3, 0.4) is 0 Å². The van der Waals surface area contributed by atoms with Crippen LogP contribution in [0.4, 0.5) is 8.78 Å². The largest absolute Gasteiger partial charge is 0.486 e. The third-order valence-corrected chi connectivity index (χ3v) is 7.30. The highest BCUT2D eigenvalue weighted by Crippen LogP contribution is 2.51. The Balaban J connectivity index is 1.60. The van der Waals surface area contributed by atoms with Crippen LogP contribution in [0.1, 0.15) is 5.76 Å². The molecule has 0 atom stereocenters. The first-order valence-electron chi connectivity index (χ1n) is 8.87. The van der Waals surface area contributed by atoms with E-state index in [1.807, 2.05) is 36.4 Å². The number of rotatable bonds is 6. The van der Waals surface area contributed by atoms with Crippen LogP contribution >= 0.6 is 33.5 Å². The van der Waals surface area contributed by atoms with Gasteiger partial charge >= 0.3 is 0 Å². The van der Waals surface area contributed by atoms with Crippen molar-refractivity contribution in [1.29, 1.82) is 0 Å². The first kappa shape index (κ1) is 20.0. The zero-order valence-corrected chi connectivity index (χ0v) is 18.2. The molecule has 0 bridgehead atoms. The van der Waals surface area contributed by atoms with Crippen LogP contribution in [-0.4, -0.2) is 0 Å². The predicted molar refractivity (Wildman–Crippen MR) is 119 cm³/mol. The highest BCUT2D eigenvalue weighted by Gasteiger charge is 2.13. The number of halogens is 3. The van der Waals surface area contributed by atoms with E-state index in [4.69, 9.17) is 9.15 Å². The van der Waals surface area contributed by atoms with Gasteiger partial charge in [-0.2, -0.15) is 10.9 Å². The Bertz CT molecular complexity index is 1030. The van der Waals surface area contributed by atoms with Crippen molar-refractivity contribution in [3.05, 3.63) is 106 Å². The summed E-state index contributed by atoms with van der Waals surface area (Å²) in [5, 5.41) is 0. The van der Waals surface area contributed by atoms with E-state index in [1.165, 1.54) is 24.3 Å². The molecule has 6 heteroatoms. The predicted octanol–water partition coefficient (Wildman–Crippen LogP) is 7.22. The first-order chi connectivity index (χ1) is 14.1. The van der Waals surface area contributed by atoms with Crippen LogP contribution in [0.25, 0.3) is 0 Å². The summed E-state index contributed by atoms with van der Waals surface area (Å²) in [6.07, 6.45) is 0. The number of thiol groups is 1. The van der Waals surface area contributed by atoms with Crippen molar-refractivity contribution in [2.45, 2.75) is 21.3 Å². The number of furan rings is 1. The van der Waals surface area contributed by atoms with Crippen LogP contribution in [0.2, 0.25) is 0 Å². The van der Waals surface area contributed by atoms with Gasteiger partial charge in [0.05, 0.1) is 0 Å². The number of hydrogen-bond acceptors (Lipinski definition) is 2. The monoisotopic (exact) mass is 522 g/mol. The minimum atomic E-state index is -0.941. The lowest BCUT2D eigenvalue weighted by molar-refractivity contribution is 0.267. The fourth-order valence-corrected chi connectivity index (χ4v) is 5.60. The molecule has 0 aliphatic carbocycles. The second-order valence-electron chi connectivity index (χ2n) is 6.28. The summed E-state index contributed by atoms with van der Waals surface area (Å²) in [7, 11) is -0.941. The molecule has 3 aromatic carbocycles. The number of hydrogen-bond donors (Lipinski definition) is 1. The SMILES string of the molecule is Fc1ccc([SH](c2ccc(F)cc2)c2ccc(OCc3ccc(I)o3)cc2)cc1. The molecule has 0 aliphatic rings. The van der Waals surface area contributed by atoms with E-state index in [0.29, 0.717) is 6.61 Å². The smallest absolute Gasteiger partial charge is 0.164 e. The standard InChI is InChI=1S/C23H17F2IO2S/c24-16-1-8-20(9-2-16)29(21-10-3-17(25)4-11-21)22-12-5-18(6-13-22)27-15-19-7-14-23(26)28-19/h1-14,29H,15H2. The van der Waals surface area contributed by atoms with Gasteiger partial charge in [0.25, 0.3) is 0 Å². The maximum atomic E-state index is 13.4. The lowest BCUT2D eigenvalue weighted by Gasteiger charge is -2.23. The van der Waals surface area contributed by atoms with E-state index < -0.39 is 10.9 Å². The molecule has 0 aliphatic heterocycles. The Morgan fingerprint density at radius 1 is 0.690 bits per heavy atom. The van der Waals surface area contributed by atoms with E-state index in [1.54, 1.807) is 24.3 Å². The van der Waals surface area contributed by atoms with Crippen molar-refractivity contribution in [3.63, 3.8) is 0 Å². The van der Waals surface area contributed by atoms with Gasteiger partial charge in [0.2, 0.25) is 0 Å². The third kappa shape index (κ3) is 5.00. The summed E-state index contributed by atoms with van der Waals surface area (Å²) >= 11 is 2.11. The molecule has 0 amide bonds. The third-order valence-electron chi connectivity index (χ3n) is 4.27. The highest BCUT2D eigenvalue weighted by atomic mass is 127. The number of ether oxygens (including phenoxy) is 1. The van der Waals surface area contributed by atoms with E-state index >= 15 is 0 Å². The van der Waals surface area contributed by atoms with Crippen molar-refractivity contribution < 1.29 is 17.9 Å². The lowest BCUT2D eigenvalue weighted by Crippen LogP contribution is -1.94. The van der Waals surface area contributed by atoms with Gasteiger partial charge in [-0.05, 0) is 122 Å². The fourth-order valence-electron chi connectivity index (χ4n) is 2.90. The summed E-state index contributed by atoms with van der Waals surface area (Å²) in [5.41, 5.74) is 0. The molecule has 4 rings (SSSR count). The van der Waals surface area contributed by atoms with Crippen molar-refractivity contribution in [2.24, 2.45) is 0 Å². The summed E-state index contributed by atoms with van der Waals surface area (Å²) < 4.78 is 39.0. The average molecular weight is 522 g/mol. The second kappa shape index (κ2) is 9.00. The van der Waals surface area contributed by atoms with Gasteiger partial charge in [-0.1, -0.05) is 0 Å². The molecular formula is C23H17F2IO2S. The van der Waals surface area contributed by atoms with Gasteiger partial charge < -0.3 is 9.15 Å². The van der Waals surface area contributed by atoms with Gasteiger partial charge in [0, 0.05) is 0 Å². The molecule has 0 unspecified atom stereocenters. The van der Waals surface area contributed by atoms with E-state index in [9.17, 15) is 8.78 Å². The lowest BCUT2D eigenvalue weighted by atomic mass is 10.3. The molecule has 0 saturated carbocycles. The zero-order chi connectivity index (χ0) is 20.2. The molecule has 1 aromatic heterocycles. The molecule has 0 spiro atoms. The molecule has 148 valence electrons. The Kier molecular flexibility index (Phi) is 6.20. The molecule has 0 radical (unpaired) electrons. The van der Waals surface area contributed by atoms with Gasteiger partial charge in [0.15, 0.2) is 3.77 Å². The first-order valence-corrected chi connectivity index (χ1v) is 11.3. The molecule has 29 heavy (non-hydrogen) atoms. The summed E-state index contributed by atoms with van der Waals surface area (Å²) in [4.78, 5) is 3.05. The van der Waals surface area contributed by atoms with Crippen LogP contribution in [-0.2, 0) is 6.61 Å². The molecule has 0 fully saturated rings. The Hall–Kier alpha value is -2.32. The summed E-state index contributed by atoms with van der Waals surface area (Å²) in [6, 6.07) is 24.6. The molecule has 4 aromatic rings. The van der Waals surface area contributed by atoms with Crippen molar-refractivity contribution in [3.8, 4) is 5.75 Å². The Morgan fingerprint density at radius 3 is 1.62 bits per heavy atom. The van der Waals surface area contributed by atoms with E-state index in [0.717, 1.165) is 30.0 Å². The Labute approximate surface area is 184 Å². The van der Waals surface area contributed by atoms with Crippen molar-refractivity contribution in [2.75, 3.05) is 0 Å².